The van der Waals surface area contributed by atoms with E-state index in [1.54, 1.807) is 12.4 Å². The first-order valence-electron chi connectivity index (χ1n) is 5.33. The van der Waals surface area contributed by atoms with Gasteiger partial charge in [-0.15, -0.1) is 0 Å². The molecule has 0 amide bonds. The summed E-state index contributed by atoms with van der Waals surface area (Å²) in [7, 11) is 0. The van der Waals surface area contributed by atoms with Gasteiger partial charge in [-0.1, -0.05) is 29.8 Å². The Labute approximate surface area is 95.6 Å². The summed E-state index contributed by atoms with van der Waals surface area (Å²) in [4.78, 5) is 4.02. The van der Waals surface area contributed by atoms with Gasteiger partial charge >= 0.3 is 0 Å². The van der Waals surface area contributed by atoms with Crippen LogP contribution in [0.15, 0.2) is 42.7 Å². The number of benzene rings is 1. The second-order valence-electron chi connectivity index (χ2n) is 4.05. The van der Waals surface area contributed by atoms with Crippen LogP contribution in [0.1, 0.15) is 28.4 Å². The summed E-state index contributed by atoms with van der Waals surface area (Å²) in [6, 6.07) is 9.79. The minimum atomic E-state index is -0.589. The fourth-order valence-electron chi connectivity index (χ4n) is 1.85. The number of aliphatic hydroxyl groups is 1. The average molecular weight is 213 g/mol. The zero-order chi connectivity index (χ0) is 11.5. The smallest absolute Gasteiger partial charge is 0.106 e. The molecule has 82 valence electrons. The molecule has 0 aliphatic rings. The Morgan fingerprint density at radius 3 is 2.62 bits per heavy atom. The van der Waals surface area contributed by atoms with Crippen LogP contribution in [-0.4, -0.2) is 10.1 Å². The van der Waals surface area contributed by atoms with Crippen molar-refractivity contribution >= 4 is 0 Å². The standard InChI is InChI=1S/C14H15NO/c1-10-5-6-13(11(2)8-10)14(16)12-4-3-7-15-9-12/h3-9,14,16H,1-2H3/t14-/m0/s1. The van der Waals surface area contributed by atoms with Crippen LogP contribution < -0.4 is 0 Å². The maximum absolute atomic E-state index is 10.2. The number of pyridine rings is 1. The topological polar surface area (TPSA) is 33.1 Å². The SMILES string of the molecule is Cc1ccc([C@@H](O)c2cccnc2)c(C)c1. The van der Waals surface area contributed by atoms with E-state index in [0.29, 0.717) is 0 Å². The number of nitrogens with zero attached hydrogens (tertiary/aromatic N) is 1. The lowest BCUT2D eigenvalue weighted by atomic mass is 9.97. The van der Waals surface area contributed by atoms with E-state index in [4.69, 9.17) is 0 Å². The van der Waals surface area contributed by atoms with Crippen molar-refractivity contribution < 1.29 is 5.11 Å². The van der Waals surface area contributed by atoms with Crippen molar-refractivity contribution in [3.63, 3.8) is 0 Å². The van der Waals surface area contributed by atoms with Crippen molar-refractivity contribution in [2.45, 2.75) is 20.0 Å². The van der Waals surface area contributed by atoms with Crippen molar-refractivity contribution in [3.05, 3.63) is 65.0 Å². The molecule has 1 atom stereocenters. The second-order valence-corrected chi connectivity index (χ2v) is 4.05. The Balaban J connectivity index is 2.38. The first-order valence-corrected chi connectivity index (χ1v) is 5.33. The Morgan fingerprint density at radius 2 is 2.00 bits per heavy atom. The maximum atomic E-state index is 10.2. The van der Waals surface area contributed by atoms with E-state index in [0.717, 1.165) is 16.7 Å². The molecule has 0 saturated carbocycles. The van der Waals surface area contributed by atoms with Crippen molar-refractivity contribution in [2.24, 2.45) is 0 Å². The molecule has 0 spiro atoms. The van der Waals surface area contributed by atoms with Gasteiger partial charge in [-0.2, -0.15) is 0 Å². The molecule has 0 aliphatic carbocycles. The molecule has 0 saturated heterocycles. The third-order valence-corrected chi connectivity index (χ3v) is 2.72. The Hall–Kier alpha value is -1.67. The molecule has 1 N–H and O–H groups in total. The molecule has 0 aliphatic heterocycles. The molecule has 2 nitrogen and oxygen atoms in total. The zero-order valence-corrected chi connectivity index (χ0v) is 9.51. The molecule has 1 heterocycles. The summed E-state index contributed by atoms with van der Waals surface area (Å²) in [6.45, 7) is 4.06. The second kappa shape index (κ2) is 4.45. The maximum Gasteiger partial charge on any atom is 0.106 e. The summed E-state index contributed by atoms with van der Waals surface area (Å²) < 4.78 is 0. The summed E-state index contributed by atoms with van der Waals surface area (Å²) in [6.07, 6.45) is 2.82. The van der Waals surface area contributed by atoms with Crippen LogP contribution in [-0.2, 0) is 0 Å². The molecule has 2 rings (SSSR count). The lowest BCUT2D eigenvalue weighted by Crippen LogP contribution is -2.02. The Bertz CT molecular complexity index is 479. The van der Waals surface area contributed by atoms with E-state index >= 15 is 0 Å². The van der Waals surface area contributed by atoms with Crippen LogP contribution in [0, 0.1) is 13.8 Å². The van der Waals surface area contributed by atoms with Gasteiger partial charge in [0, 0.05) is 18.0 Å². The van der Waals surface area contributed by atoms with Crippen LogP contribution in [0.4, 0.5) is 0 Å². The van der Waals surface area contributed by atoms with Crippen molar-refractivity contribution in [1.82, 2.24) is 4.98 Å². The summed E-state index contributed by atoms with van der Waals surface area (Å²) in [5, 5.41) is 10.2. The lowest BCUT2D eigenvalue weighted by Gasteiger charge is -2.14. The van der Waals surface area contributed by atoms with Crippen molar-refractivity contribution in [2.75, 3.05) is 0 Å². The van der Waals surface area contributed by atoms with Gasteiger partial charge in [-0.25, -0.2) is 0 Å². The van der Waals surface area contributed by atoms with Gasteiger partial charge in [-0.05, 0) is 31.0 Å². The molecule has 0 unspecified atom stereocenters. The highest BCUT2D eigenvalue weighted by atomic mass is 16.3. The first-order chi connectivity index (χ1) is 7.68. The Kier molecular flexibility index (Phi) is 3.02. The zero-order valence-electron chi connectivity index (χ0n) is 9.51. The van der Waals surface area contributed by atoms with E-state index in [1.807, 2.05) is 38.1 Å². The molecule has 16 heavy (non-hydrogen) atoms. The van der Waals surface area contributed by atoms with Gasteiger partial charge in [0.1, 0.15) is 6.10 Å². The molecule has 2 heteroatoms. The van der Waals surface area contributed by atoms with Crippen molar-refractivity contribution in [3.8, 4) is 0 Å². The average Bonchev–Trinajstić information content (AvgIpc) is 2.29. The van der Waals surface area contributed by atoms with Crippen LogP contribution in [0.3, 0.4) is 0 Å². The van der Waals surface area contributed by atoms with Gasteiger partial charge in [0.05, 0.1) is 0 Å². The molecule has 2 aromatic rings. The van der Waals surface area contributed by atoms with Gasteiger partial charge in [0.15, 0.2) is 0 Å². The molecule has 0 bridgehead atoms. The molecule has 1 aromatic carbocycles. The third kappa shape index (κ3) is 2.12. The largest absolute Gasteiger partial charge is 0.384 e. The number of hydrogen-bond acceptors (Lipinski definition) is 2. The number of hydrogen-bond donors (Lipinski definition) is 1. The molecular formula is C14H15NO. The fourth-order valence-corrected chi connectivity index (χ4v) is 1.85. The molecule has 1 aromatic heterocycles. The minimum absolute atomic E-state index is 0.589. The predicted molar refractivity (Wildman–Crippen MR) is 64.2 cm³/mol. The van der Waals surface area contributed by atoms with E-state index < -0.39 is 6.10 Å². The fraction of sp³-hybridized carbons (Fsp3) is 0.214. The first kappa shape index (κ1) is 10.8. The predicted octanol–water partition coefficient (Wildman–Crippen LogP) is 2.78. The summed E-state index contributed by atoms with van der Waals surface area (Å²) >= 11 is 0. The van der Waals surface area contributed by atoms with Gasteiger partial charge < -0.3 is 5.11 Å². The summed E-state index contributed by atoms with van der Waals surface area (Å²) in [5.41, 5.74) is 4.09. The normalized spacial score (nSPS) is 12.4. The van der Waals surface area contributed by atoms with E-state index in [9.17, 15) is 5.11 Å². The molecule has 0 radical (unpaired) electrons. The van der Waals surface area contributed by atoms with Crippen LogP contribution >= 0.6 is 0 Å². The van der Waals surface area contributed by atoms with Gasteiger partial charge in [0.2, 0.25) is 0 Å². The highest BCUT2D eigenvalue weighted by Crippen LogP contribution is 2.24. The van der Waals surface area contributed by atoms with E-state index in [1.165, 1.54) is 5.56 Å². The van der Waals surface area contributed by atoms with Crippen LogP contribution in [0.5, 0.6) is 0 Å². The third-order valence-electron chi connectivity index (χ3n) is 2.72. The highest BCUT2D eigenvalue weighted by Gasteiger charge is 2.12. The minimum Gasteiger partial charge on any atom is -0.384 e. The number of aryl methyl sites for hydroxylation is 2. The molecular weight excluding hydrogens is 198 g/mol. The van der Waals surface area contributed by atoms with Gasteiger partial charge in [-0.3, -0.25) is 4.98 Å². The lowest BCUT2D eigenvalue weighted by molar-refractivity contribution is 0.219. The van der Waals surface area contributed by atoms with Crippen LogP contribution in [0.2, 0.25) is 0 Å². The van der Waals surface area contributed by atoms with Crippen molar-refractivity contribution in [1.29, 1.82) is 0 Å². The van der Waals surface area contributed by atoms with Crippen LogP contribution in [0.25, 0.3) is 0 Å². The quantitative estimate of drug-likeness (QED) is 0.832. The van der Waals surface area contributed by atoms with E-state index in [-0.39, 0.29) is 0 Å². The van der Waals surface area contributed by atoms with E-state index in [2.05, 4.69) is 11.1 Å². The monoisotopic (exact) mass is 213 g/mol. The Morgan fingerprint density at radius 1 is 1.19 bits per heavy atom. The number of rotatable bonds is 2. The number of aromatic nitrogens is 1. The summed E-state index contributed by atoms with van der Waals surface area (Å²) in [5.74, 6) is 0. The number of aliphatic hydroxyl groups excluding tert-OH is 1. The van der Waals surface area contributed by atoms with Gasteiger partial charge in [0.25, 0.3) is 0 Å². The highest BCUT2D eigenvalue weighted by molar-refractivity contribution is 5.36. The molecule has 0 fully saturated rings.